The Bertz CT molecular complexity index is 445. The molecule has 19 heavy (non-hydrogen) atoms. The number of phenolic OH excluding ortho intramolecular Hbond substituents is 1. The van der Waals surface area contributed by atoms with Gasteiger partial charge >= 0.3 is 0 Å². The first-order chi connectivity index (χ1) is 8.24. The molecule has 0 spiro atoms. The predicted molar refractivity (Wildman–Crippen MR) is 159 cm³/mol. The van der Waals surface area contributed by atoms with Crippen LogP contribution in [0.1, 0.15) is 16.7 Å². The lowest BCUT2D eigenvalue weighted by Crippen LogP contribution is -2.09. The van der Waals surface area contributed by atoms with Gasteiger partial charge in [-0.3, -0.25) is 0 Å². The monoisotopic (exact) mass is 1270 g/mol. The molecule has 0 radical (unpaired) electrons. The molecule has 0 heterocycles. The fraction of sp³-hybridized carbons (Fsp3) is 0.333. The highest BCUT2D eigenvalue weighted by atomic mass is 127. The van der Waals surface area contributed by atoms with Crippen molar-refractivity contribution in [2.45, 2.75) is -1.69 Å². The van der Waals surface area contributed by atoms with E-state index in [2.05, 4.69) is 215 Å². The maximum atomic E-state index is 10.6. The van der Waals surface area contributed by atoms with Crippen LogP contribution in [0, 0.1) is 0 Å². The summed E-state index contributed by atoms with van der Waals surface area (Å²) in [6.07, 6.45) is 0. The SMILES string of the molecule is Oc1c(C(I)(I)I)cc(C(I)(I)I)cc1C(I)(I)I. The Morgan fingerprint density at radius 3 is 1.16 bits per heavy atom. The van der Waals surface area contributed by atoms with Crippen molar-refractivity contribution in [3.05, 3.63) is 28.8 Å². The van der Waals surface area contributed by atoms with E-state index >= 15 is 0 Å². The van der Waals surface area contributed by atoms with Gasteiger partial charge in [0, 0.05) is 11.1 Å². The summed E-state index contributed by atoms with van der Waals surface area (Å²) in [7, 11) is 0. The van der Waals surface area contributed by atoms with Gasteiger partial charge in [-0.1, -0.05) is 0 Å². The lowest BCUT2D eigenvalue weighted by Gasteiger charge is -2.25. The summed E-state index contributed by atoms with van der Waals surface area (Å²) in [6.45, 7) is 0. The van der Waals surface area contributed by atoms with Gasteiger partial charge in [0.1, 0.15) is 5.18 Å². The molecule has 0 fully saturated rings. The number of hydrogen-bond donors (Lipinski definition) is 1. The third-order valence-electron chi connectivity index (χ3n) is 2.05. The Balaban J connectivity index is 3.68. The Hall–Kier alpha value is 5.59. The Labute approximate surface area is 235 Å². The van der Waals surface area contributed by atoms with Crippen molar-refractivity contribution in [2.24, 2.45) is 0 Å². The van der Waals surface area contributed by atoms with E-state index in [1.807, 2.05) is 0 Å². The quantitative estimate of drug-likeness (QED) is 0.238. The predicted octanol–water partition coefficient (Wildman–Crippen LogP) is 8.64. The molecule has 0 atom stereocenters. The van der Waals surface area contributed by atoms with Crippen LogP contribution in [-0.4, -0.2) is 5.11 Å². The van der Waals surface area contributed by atoms with Crippen molar-refractivity contribution < 1.29 is 5.11 Å². The molecule has 0 aliphatic heterocycles. The summed E-state index contributed by atoms with van der Waals surface area (Å²) in [5.74, 6) is 0.411. The van der Waals surface area contributed by atoms with Crippen molar-refractivity contribution in [3.8, 4) is 5.75 Å². The molecule has 0 aliphatic carbocycles. The molecule has 0 aromatic heterocycles. The van der Waals surface area contributed by atoms with Crippen molar-refractivity contribution in [2.75, 3.05) is 0 Å². The van der Waals surface area contributed by atoms with Crippen LogP contribution in [0.4, 0.5) is 0 Å². The summed E-state index contributed by atoms with van der Waals surface area (Å²) in [5.41, 5.74) is 3.18. The van der Waals surface area contributed by atoms with Crippen LogP contribution >= 0.6 is 203 Å². The summed E-state index contributed by atoms with van der Waals surface area (Å²) in [6, 6.07) is 4.23. The van der Waals surface area contributed by atoms with Gasteiger partial charge in [-0.05, 0) is 221 Å². The van der Waals surface area contributed by atoms with Gasteiger partial charge in [-0.25, -0.2) is 0 Å². The molecule has 0 aliphatic rings. The standard InChI is InChI=1S/C9H3I9O/c10-7(11,12)3-1-4(8(13,14)15)6(19)5(2-3)9(16,17)18/h1-2,19H. The van der Waals surface area contributed by atoms with Crippen LogP contribution in [0.25, 0.3) is 0 Å². The molecular weight excluding hydrogens is 1270 g/mol. The number of phenols is 1. The molecule has 108 valence electrons. The van der Waals surface area contributed by atoms with E-state index in [-0.39, 0.29) is -1.69 Å². The number of benzene rings is 1. The molecular formula is C9H3I9O. The number of rotatable bonds is 3. The molecule has 1 nitrogen and oxygen atoms in total. The Kier molecular flexibility index (Phi) is 10.1. The largest absolute Gasteiger partial charge is 0.507 e. The van der Waals surface area contributed by atoms with Crippen LogP contribution in [-0.2, 0) is -1.69 Å². The number of hydrogen-bond acceptors (Lipinski definition) is 1. The molecule has 1 aromatic rings. The van der Waals surface area contributed by atoms with E-state index in [4.69, 9.17) is 0 Å². The third kappa shape index (κ3) is 7.02. The minimum absolute atomic E-state index is 0.0190. The smallest absolute Gasteiger partial charge is 0.152 e. The first-order valence-electron chi connectivity index (χ1n) is 4.33. The van der Waals surface area contributed by atoms with Crippen LogP contribution in [0.2, 0.25) is 0 Å². The maximum absolute atomic E-state index is 10.6. The second-order valence-corrected chi connectivity index (χ2v) is 36.6. The molecule has 1 rings (SSSR count). The molecule has 0 unspecified atom stereocenters. The molecule has 0 saturated carbocycles. The minimum Gasteiger partial charge on any atom is -0.507 e. The van der Waals surface area contributed by atoms with Crippen LogP contribution < -0.4 is 0 Å². The Morgan fingerprint density at radius 2 is 0.947 bits per heavy atom. The first kappa shape index (κ1) is 22.6. The number of halogens is 9. The zero-order chi connectivity index (χ0) is 15.2. The molecule has 0 saturated heterocycles. The average molecular weight is 1270 g/mol. The second kappa shape index (κ2) is 8.52. The zero-order valence-electron chi connectivity index (χ0n) is 8.50. The second-order valence-electron chi connectivity index (χ2n) is 3.41. The summed E-state index contributed by atoms with van der Waals surface area (Å²) in [4.78, 5) is 0. The van der Waals surface area contributed by atoms with Crippen molar-refractivity contribution in [1.29, 1.82) is 0 Å². The maximum Gasteiger partial charge on any atom is 0.152 e. The Morgan fingerprint density at radius 1 is 0.632 bits per heavy atom. The lowest BCUT2D eigenvalue weighted by molar-refractivity contribution is 0.466. The zero-order valence-corrected chi connectivity index (χ0v) is 27.9. The van der Waals surface area contributed by atoms with E-state index in [1.165, 1.54) is 5.56 Å². The minimum atomic E-state index is -0.160. The van der Waals surface area contributed by atoms with Crippen LogP contribution in [0.3, 0.4) is 0 Å². The molecule has 10 heteroatoms. The van der Waals surface area contributed by atoms with E-state index in [1.54, 1.807) is 0 Å². The van der Waals surface area contributed by atoms with Crippen LogP contribution in [0.15, 0.2) is 12.1 Å². The summed E-state index contributed by atoms with van der Waals surface area (Å²) >= 11 is 21.4. The van der Waals surface area contributed by atoms with Gasteiger partial charge in [-0.2, -0.15) is 0 Å². The van der Waals surface area contributed by atoms with E-state index in [0.29, 0.717) is 5.75 Å². The number of alkyl halides is 9. The molecule has 1 aromatic carbocycles. The first-order valence-corrected chi connectivity index (χ1v) is 14.0. The number of aromatic hydroxyl groups is 1. The fourth-order valence-electron chi connectivity index (χ4n) is 1.23. The molecule has 1 N–H and O–H groups in total. The fourth-order valence-corrected chi connectivity index (χ4v) is 4.63. The lowest BCUT2D eigenvalue weighted by atomic mass is 10.1. The summed E-state index contributed by atoms with van der Waals surface area (Å²) < 4.78 is -0.340. The molecule has 0 amide bonds. The normalized spacial score (nSPS) is 13.7. The van der Waals surface area contributed by atoms with Gasteiger partial charge in [0.05, 0.1) is 0 Å². The topological polar surface area (TPSA) is 20.2 Å². The average Bonchev–Trinajstić information content (AvgIpc) is 2.11. The van der Waals surface area contributed by atoms with E-state index < -0.39 is 0 Å². The van der Waals surface area contributed by atoms with Crippen LogP contribution in [0.5, 0.6) is 5.75 Å². The van der Waals surface area contributed by atoms with Gasteiger partial charge in [0.25, 0.3) is 0 Å². The highest BCUT2D eigenvalue weighted by Crippen LogP contribution is 2.58. The van der Waals surface area contributed by atoms with Crippen molar-refractivity contribution in [1.82, 2.24) is 0 Å². The third-order valence-corrected chi connectivity index (χ3v) is 7.40. The summed E-state index contributed by atoms with van der Waals surface area (Å²) in [5, 5.41) is 10.6. The van der Waals surface area contributed by atoms with Gasteiger partial charge < -0.3 is 5.11 Å². The van der Waals surface area contributed by atoms with E-state index in [9.17, 15) is 5.11 Å². The van der Waals surface area contributed by atoms with Gasteiger partial charge in [0.2, 0.25) is 0 Å². The van der Waals surface area contributed by atoms with E-state index in [0.717, 1.165) is 11.1 Å². The van der Waals surface area contributed by atoms with Crippen molar-refractivity contribution in [3.63, 3.8) is 0 Å². The van der Waals surface area contributed by atoms with Gasteiger partial charge in [-0.15, -0.1) is 0 Å². The molecule has 0 bridgehead atoms. The van der Waals surface area contributed by atoms with Gasteiger partial charge in [0.15, 0.2) is -1.13 Å². The van der Waals surface area contributed by atoms with Crippen molar-refractivity contribution >= 4 is 203 Å². The highest BCUT2D eigenvalue weighted by molar-refractivity contribution is 14.3. The highest BCUT2D eigenvalue weighted by Gasteiger charge is 2.35.